The van der Waals surface area contributed by atoms with Crippen molar-refractivity contribution in [3.63, 3.8) is 0 Å². The van der Waals surface area contributed by atoms with Crippen LogP contribution in [0.25, 0.3) is 0 Å². The zero-order valence-electron chi connectivity index (χ0n) is 15.0. The van der Waals surface area contributed by atoms with Crippen molar-refractivity contribution in [1.29, 1.82) is 0 Å². The predicted molar refractivity (Wildman–Crippen MR) is 99.3 cm³/mol. The number of hydrogen-bond donors (Lipinski definition) is 1. The van der Waals surface area contributed by atoms with Gasteiger partial charge in [0.15, 0.2) is 5.78 Å². The molecular formula is C18H17ClN4O4. The van der Waals surface area contributed by atoms with Gasteiger partial charge in [-0.2, -0.15) is 0 Å². The molecule has 0 aliphatic heterocycles. The highest BCUT2D eigenvalue weighted by molar-refractivity contribution is 6.36. The maximum absolute atomic E-state index is 12.5. The third-order valence-electron chi connectivity index (χ3n) is 4.37. The van der Waals surface area contributed by atoms with Gasteiger partial charge in [0.05, 0.1) is 27.4 Å². The minimum atomic E-state index is -0.663. The number of nitro groups is 1. The molecule has 1 amide bonds. The first kappa shape index (κ1) is 18.9. The van der Waals surface area contributed by atoms with Crippen molar-refractivity contribution in [2.45, 2.75) is 33.6 Å². The predicted octanol–water partition coefficient (Wildman–Crippen LogP) is 3.75. The van der Waals surface area contributed by atoms with Gasteiger partial charge in [-0.25, -0.2) is 9.97 Å². The number of nitrogens with one attached hydrogen (secondary N) is 1. The van der Waals surface area contributed by atoms with Crippen molar-refractivity contribution in [2.24, 2.45) is 5.41 Å². The summed E-state index contributed by atoms with van der Waals surface area (Å²) in [5.41, 5.74) is 0.932. The summed E-state index contributed by atoms with van der Waals surface area (Å²) in [6.45, 7) is 5.64. The molecule has 1 aromatic carbocycles. The Morgan fingerprint density at radius 1 is 1.30 bits per heavy atom. The molecular weight excluding hydrogens is 372 g/mol. The third-order valence-corrected chi connectivity index (χ3v) is 4.77. The lowest BCUT2D eigenvalue weighted by Crippen LogP contribution is -2.30. The number of nitro benzene ring substituents is 1. The normalized spacial score (nSPS) is 15.2. The van der Waals surface area contributed by atoms with E-state index in [-0.39, 0.29) is 33.4 Å². The second kappa shape index (κ2) is 6.70. The summed E-state index contributed by atoms with van der Waals surface area (Å²) < 4.78 is 0. The smallest absolute Gasteiger partial charge is 0.288 e. The molecule has 0 fully saturated rings. The molecule has 1 heterocycles. The summed E-state index contributed by atoms with van der Waals surface area (Å²) in [7, 11) is 0. The van der Waals surface area contributed by atoms with E-state index < -0.39 is 10.8 Å². The van der Waals surface area contributed by atoms with Crippen LogP contribution in [0.15, 0.2) is 18.2 Å². The van der Waals surface area contributed by atoms with Gasteiger partial charge in [-0.05, 0) is 24.8 Å². The van der Waals surface area contributed by atoms with Gasteiger partial charge < -0.3 is 0 Å². The molecule has 1 aliphatic rings. The topological polar surface area (TPSA) is 115 Å². The van der Waals surface area contributed by atoms with E-state index in [9.17, 15) is 19.7 Å². The number of carbonyl (C=O) groups excluding carboxylic acids is 2. The van der Waals surface area contributed by atoms with Crippen LogP contribution in [-0.4, -0.2) is 26.6 Å². The van der Waals surface area contributed by atoms with Gasteiger partial charge in [0.1, 0.15) is 5.02 Å². The first-order chi connectivity index (χ1) is 12.6. The number of fused-ring (bicyclic) bond motifs is 1. The van der Waals surface area contributed by atoms with Gasteiger partial charge >= 0.3 is 0 Å². The molecule has 8 nitrogen and oxygen atoms in total. The minimum Gasteiger partial charge on any atom is -0.294 e. The van der Waals surface area contributed by atoms with Gasteiger partial charge in [-0.15, -0.1) is 0 Å². The van der Waals surface area contributed by atoms with Crippen LogP contribution in [-0.2, 0) is 6.42 Å². The first-order valence-electron chi connectivity index (χ1n) is 8.24. The number of Topliss-reactive ketones (excluding diaryl/α,β-unsaturated/α-hetero) is 1. The number of ketones is 1. The Bertz CT molecular complexity index is 988. The second-order valence-corrected chi connectivity index (χ2v) is 7.62. The molecule has 0 atom stereocenters. The largest absolute Gasteiger partial charge is 0.294 e. The Morgan fingerprint density at radius 3 is 2.67 bits per heavy atom. The van der Waals surface area contributed by atoms with Crippen LogP contribution in [0.4, 0.5) is 11.6 Å². The Labute approximate surface area is 160 Å². The molecule has 0 bridgehead atoms. The van der Waals surface area contributed by atoms with Crippen molar-refractivity contribution in [3.8, 4) is 0 Å². The third kappa shape index (κ3) is 3.66. The number of rotatable bonds is 3. The summed E-state index contributed by atoms with van der Waals surface area (Å²) in [5.74, 6) is -0.646. The highest BCUT2D eigenvalue weighted by atomic mass is 35.5. The second-order valence-electron chi connectivity index (χ2n) is 7.25. The van der Waals surface area contributed by atoms with Gasteiger partial charge in [0, 0.05) is 12.5 Å². The number of nitrogens with zero attached hydrogens (tertiary/aromatic N) is 3. The maximum Gasteiger partial charge on any atom is 0.288 e. The summed E-state index contributed by atoms with van der Waals surface area (Å²) in [4.78, 5) is 43.7. The summed E-state index contributed by atoms with van der Waals surface area (Å²) in [6, 6.07) is 3.97. The fraction of sp³-hybridized carbons (Fsp3) is 0.333. The van der Waals surface area contributed by atoms with Crippen LogP contribution in [0.2, 0.25) is 5.02 Å². The monoisotopic (exact) mass is 388 g/mol. The van der Waals surface area contributed by atoms with E-state index in [2.05, 4.69) is 15.3 Å². The van der Waals surface area contributed by atoms with Crippen LogP contribution < -0.4 is 5.32 Å². The van der Waals surface area contributed by atoms with Gasteiger partial charge in [-0.3, -0.25) is 25.0 Å². The number of hydrogen-bond acceptors (Lipinski definition) is 6. The van der Waals surface area contributed by atoms with Crippen molar-refractivity contribution in [3.05, 3.63) is 55.9 Å². The number of amides is 1. The fourth-order valence-electron chi connectivity index (χ4n) is 3.22. The Morgan fingerprint density at radius 2 is 2.00 bits per heavy atom. The molecule has 1 aliphatic carbocycles. The van der Waals surface area contributed by atoms with Gasteiger partial charge in [-0.1, -0.05) is 31.5 Å². The number of anilines is 1. The molecule has 1 aromatic heterocycles. The molecule has 0 unspecified atom stereocenters. The standard InChI is InChI=1S/C18H17ClN4O4/c1-9-14-11(7-18(2,3)8-13(14)24)21-17(20-9)22-16(25)10-5-4-6-12(15(10)19)23(26)27/h4-6H,7-8H2,1-3H3,(H,20,21,22,25). The number of halogens is 1. The molecule has 9 heteroatoms. The van der Waals surface area contributed by atoms with Crippen LogP contribution in [0.5, 0.6) is 0 Å². The number of carbonyl (C=O) groups is 2. The lowest BCUT2D eigenvalue weighted by Gasteiger charge is -2.30. The van der Waals surface area contributed by atoms with Crippen LogP contribution in [0, 0.1) is 22.5 Å². The molecule has 0 saturated heterocycles. The number of aromatic nitrogens is 2. The van der Waals surface area contributed by atoms with E-state index >= 15 is 0 Å². The maximum atomic E-state index is 12.5. The van der Waals surface area contributed by atoms with E-state index in [1.54, 1.807) is 6.92 Å². The van der Waals surface area contributed by atoms with Crippen LogP contribution >= 0.6 is 11.6 Å². The Balaban J connectivity index is 1.95. The molecule has 27 heavy (non-hydrogen) atoms. The Hall–Kier alpha value is -2.87. The van der Waals surface area contributed by atoms with Crippen LogP contribution in [0.1, 0.15) is 52.4 Å². The van der Waals surface area contributed by atoms with Crippen molar-refractivity contribution in [1.82, 2.24) is 9.97 Å². The number of aryl methyl sites for hydroxylation is 1. The molecule has 0 saturated carbocycles. The highest BCUT2D eigenvalue weighted by Crippen LogP contribution is 2.35. The minimum absolute atomic E-state index is 0.0154. The molecule has 1 N–H and O–H groups in total. The van der Waals surface area contributed by atoms with E-state index in [0.29, 0.717) is 29.8 Å². The van der Waals surface area contributed by atoms with Crippen molar-refractivity contribution >= 4 is 34.9 Å². The molecule has 3 rings (SSSR count). The molecule has 140 valence electrons. The average molecular weight is 389 g/mol. The number of benzene rings is 1. The van der Waals surface area contributed by atoms with Gasteiger partial charge in [0.2, 0.25) is 5.95 Å². The zero-order valence-corrected chi connectivity index (χ0v) is 15.8. The highest BCUT2D eigenvalue weighted by Gasteiger charge is 2.34. The summed E-state index contributed by atoms with van der Waals surface area (Å²) in [5, 5.41) is 13.2. The summed E-state index contributed by atoms with van der Waals surface area (Å²) in [6.07, 6.45) is 0.997. The van der Waals surface area contributed by atoms with Crippen molar-refractivity contribution < 1.29 is 14.5 Å². The van der Waals surface area contributed by atoms with E-state index in [0.717, 1.165) is 0 Å². The van der Waals surface area contributed by atoms with Crippen molar-refractivity contribution in [2.75, 3.05) is 5.32 Å². The summed E-state index contributed by atoms with van der Waals surface area (Å²) >= 11 is 5.98. The first-order valence-corrected chi connectivity index (χ1v) is 8.62. The Kier molecular flexibility index (Phi) is 4.69. The van der Waals surface area contributed by atoms with E-state index in [1.807, 2.05) is 13.8 Å². The molecule has 0 radical (unpaired) electrons. The molecule has 0 spiro atoms. The lowest BCUT2D eigenvalue weighted by molar-refractivity contribution is -0.384. The van der Waals surface area contributed by atoms with Crippen LogP contribution in [0.3, 0.4) is 0 Å². The lowest BCUT2D eigenvalue weighted by atomic mass is 9.75. The average Bonchev–Trinajstić information content (AvgIpc) is 2.52. The zero-order chi connectivity index (χ0) is 19.9. The molecule has 2 aromatic rings. The van der Waals surface area contributed by atoms with E-state index in [4.69, 9.17) is 11.6 Å². The quantitative estimate of drug-likeness (QED) is 0.632. The van der Waals surface area contributed by atoms with Gasteiger partial charge in [0.25, 0.3) is 11.6 Å². The SMILES string of the molecule is Cc1nc(NC(=O)c2cccc([N+](=O)[O-])c2Cl)nc2c1C(=O)CC(C)(C)C2. The fourth-order valence-corrected chi connectivity index (χ4v) is 3.50. The van der Waals surface area contributed by atoms with E-state index in [1.165, 1.54) is 18.2 Å².